The molecule has 0 amide bonds. The third-order valence-electron chi connectivity index (χ3n) is 4.03. The van der Waals surface area contributed by atoms with Crippen molar-refractivity contribution in [2.75, 3.05) is 27.7 Å². The van der Waals surface area contributed by atoms with Gasteiger partial charge in [0.1, 0.15) is 16.4 Å². The second kappa shape index (κ2) is 7.38. The maximum absolute atomic E-state index is 12.7. The predicted octanol–water partition coefficient (Wildman–Crippen LogP) is 2.49. The third kappa shape index (κ3) is 3.98. The van der Waals surface area contributed by atoms with Crippen LogP contribution in [-0.4, -0.2) is 41.1 Å². The fourth-order valence-electron chi connectivity index (χ4n) is 2.42. The van der Waals surface area contributed by atoms with Crippen LogP contribution in [0.4, 0.5) is 0 Å². The lowest BCUT2D eigenvalue weighted by molar-refractivity contribution is 0.259. The topological polar surface area (TPSA) is 71.8 Å². The molecule has 0 bridgehead atoms. The average Bonchev–Trinajstić information content (AvgIpc) is 3.03. The maximum Gasteiger partial charge on any atom is 0.244 e. The number of methoxy groups -OCH3 is 1. The molecule has 0 radical (unpaired) electrons. The van der Waals surface area contributed by atoms with Gasteiger partial charge in [-0.3, -0.25) is 4.90 Å². The summed E-state index contributed by atoms with van der Waals surface area (Å²) in [5.41, 5.74) is 1.87. The van der Waals surface area contributed by atoms with Crippen LogP contribution in [0.5, 0.6) is 5.75 Å². The van der Waals surface area contributed by atoms with Gasteiger partial charge in [0.2, 0.25) is 10.0 Å². The highest BCUT2D eigenvalue weighted by atomic mass is 32.2. The number of nitrogens with zero attached hydrogens (tertiary/aromatic N) is 1. The molecule has 2 aromatic rings. The number of furan rings is 1. The monoisotopic (exact) mass is 352 g/mol. The molecule has 6 nitrogen and oxygen atoms in total. The zero-order valence-corrected chi connectivity index (χ0v) is 15.5. The largest absolute Gasteiger partial charge is 0.495 e. The van der Waals surface area contributed by atoms with E-state index < -0.39 is 10.0 Å². The number of aryl methyl sites for hydroxylation is 2. The lowest BCUT2D eigenvalue weighted by Crippen LogP contribution is -2.34. The van der Waals surface area contributed by atoms with Gasteiger partial charge in [0.15, 0.2) is 0 Å². The first-order valence-corrected chi connectivity index (χ1v) is 9.09. The highest BCUT2D eigenvalue weighted by Gasteiger charge is 2.24. The molecule has 132 valence electrons. The van der Waals surface area contributed by atoms with Crippen LogP contribution >= 0.6 is 0 Å². The van der Waals surface area contributed by atoms with Crippen LogP contribution in [0.15, 0.2) is 39.8 Å². The van der Waals surface area contributed by atoms with Crippen molar-refractivity contribution < 1.29 is 17.6 Å². The molecule has 1 aromatic heterocycles. The SMILES string of the molecule is COc1cc(C)c(C)cc1S(=O)(=O)NC[C@@H](c1ccco1)N(C)C. The molecule has 0 saturated carbocycles. The van der Waals surface area contributed by atoms with Crippen LogP contribution in [0.3, 0.4) is 0 Å². The summed E-state index contributed by atoms with van der Waals surface area (Å²) in [6.07, 6.45) is 1.58. The molecule has 1 aromatic carbocycles. The number of sulfonamides is 1. The van der Waals surface area contributed by atoms with Crippen molar-refractivity contribution in [2.24, 2.45) is 0 Å². The van der Waals surface area contributed by atoms with Gasteiger partial charge in [-0.25, -0.2) is 13.1 Å². The van der Waals surface area contributed by atoms with Gasteiger partial charge in [0, 0.05) is 6.54 Å². The number of hydrogen-bond acceptors (Lipinski definition) is 5. The van der Waals surface area contributed by atoms with Crippen LogP contribution < -0.4 is 9.46 Å². The second-order valence-electron chi connectivity index (χ2n) is 5.93. The Labute approximate surface area is 143 Å². The van der Waals surface area contributed by atoms with E-state index in [1.165, 1.54) is 7.11 Å². The van der Waals surface area contributed by atoms with E-state index in [-0.39, 0.29) is 17.5 Å². The third-order valence-corrected chi connectivity index (χ3v) is 5.48. The minimum absolute atomic E-state index is 0.144. The van der Waals surface area contributed by atoms with Gasteiger partial charge in [-0.1, -0.05) is 0 Å². The van der Waals surface area contributed by atoms with E-state index in [1.54, 1.807) is 24.5 Å². The van der Waals surface area contributed by atoms with Crippen molar-refractivity contribution in [1.82, 2.24) is 9.62 Å². The van der Waals surface area contributed by atoms with E-state index in [0.717, 1.165) is 11.1 Å². The molecule has 1 atom stereocenters. The Bertz CT molecular complexity index is 783. The first-order chi connectivity index (χ1) is 11.3. The summed E-state index contributed by atoms with van der Waals surface area (Å²) in [4.78, 5) is 2.05. The lowest BCUT2D eigenvalue weighted by atomic mass is 10.1. The molecule has 1 N–H and O–H groups in total. The molecule has 1 heterocycles. The van der Waals surface area contributed by atoms with Crippen LogP contribution in [0.1, 0.15) is 22.9 Å². The first kappa shape index (κ1) is 18.5. The van der Waals surface area contributed by atoms with Gasteiger partial charge in [-0.05, 0) is 63.3 Å². The zero-order valence-electron chi connectivity index (χ0n) is 14.7. The summed E-state index contributed by atoms with van der Waals surface area (Å²) >= 11 is 0. The summed E-state index contributed by atoms with van der Waals surface area (Å²) in [5.74, 6) is 1.04. The Kier molecular flexibility index (Phi) is 5.69. The predicted molar refractivity (Wildman–Crippen MR) is 92.8 cm³/mol. The van der Waals surface area contributed by atoms with E-state index in [1.807, 2.05) is 38.9 Å². The van der Waals surface area contributed by atoms with Gasteiger partial charge in [-0.15, -0.1) is 0 Å². The van der Waals surface area contributed by atoms with Gasteiger partial charge < -0.3 is 9.15 Å². The van der Waals surface area contributed by atoms with E-state index in [9.17, 15) is 8.42 Å². The highest BCUT2D eigenvalue weighted by Crippen LogP contribution is 2.27. The van der Waals surface area contributed by atoms with Gasteiger partial charge in [-0.2, -0.15) is 0 Å². The summed E-state index contributed by atoms with van der Waals surface area (Å²) in [6, 6.07) is 6.78. The number of benzene rings is 1. The van der Waals surface area contributed by atoms with E-state index in [2.05, 4.69) is 4.72 Å². The Hall–Kier alpha value is -1.83. The fourth-order valence-corrected chi connectivity index (χ4v) is 3.69. The van der Waals surface area contributed by atoms with E-state index >= 15 is 0 Å². The minimum Gasteiger partial charge on any atom is -0.495 e. The molecule has 0 unspecified atom stereocenters. The minimum atomic E-state index is -3.71. The van der Waals surface area contributed by atoms with Crippen LogP contribution in [0, 0.1) is 13.8 Å². The molecule has 0 aliphatic heterocycles. The quantitative estimate of drug-likeness (QED) is 0.829. The Morgan fingerprint density at radius 2 is 1.92 bits per heavy atom. The molecular formula is C17H24N2O4S. The molecule has 0 spiro atoms. The Morgan fingerprint density at radius 3 is 2.46 bits per heavy atom. The van der Waals surface area contributed by atoms with Crippen molar-refractivity contribution >= 4 is 10.0 Å². The second-order valence-corrected chi connectivity index (χ2v) is 7.67. The molecule has 0 fully saturated rings. The van der Waals surface area contributed by atoms with Gasteiger partial charge >= 0.3 is 0 Å². The number of ether oxygens (including phenoxy) is 1. The maximum atomic E-state index is 12.7. The number of likely N-dealkylation sites (N-methyl/N-ethyl adjacent to an activating group) is 1. The molecule has 0 aliphatic rings. The standard InChI is InChI=1S/C17H24N2O4S/c1-12-9-16(22-5)17(10-13(12)2)24(20,21)18-11-14(19(3)4)15-7-6-8-23-15/h6-10,14,18H,11H2,1-5H3/t14-/m0/s1. The van der Waals surface area contributed by atoms with Crippen molar-refractivity contribution in [1.29, 1.82) is 0 Å². The number of nitrogens with one attached hydrogen (secondary N) is 1. The normalized spacial score (nSPS) is 13.2. The molecule has 7 heteroatoms. The van der Waals surface area contributed by atoms with Crippen LogP contribution in [0.25, 0.3) is 0 Å². The van der Waals surface area contributed by atoms with E-state index in [0.29, 0.717) is 11.5 Å². The van der Waals surface area contributed by atoms with Gasteiger partial charge in [0.05, 0.1) is 19.4 Å². The van der Waals surface area contributed by atoms with Crippen LogP contribution in [0.2, 0.25) is 0 Å². The van der Waals surface area contributed by atoms with Crippen LogP contribution in [-0.2, 0) is 10.0 Å². The summed E-state index contributed by atoms with van der Waals surface area (Å²) in [5, 5.41) is 0. The van der Waals surface area contributed by atoms with Crippen molar-refractivity contribution in [2.45, 2.75) is 24.8 Å². The number of hydrogen-bond donors (Lipinski definition) is 1. The zero-order chi connectivity index (χ0) is 17.9. The summed E-state index contributed by atoms with van der Waals surface area (Å²) in [7, 11) is 1.51. The van der Waals surface area contributed by atoms with Crippen molar-refractivity contribution in [3.05, 3.63) is 47.4 Å². The van der Waals surface area contributed by atoms with Crippen molar-refractivity contribution in [3.63, 3.8) is 0 Å². The van der Waals surface area contributed by atoms with E-state index in [4.69, 9.17) is 9.15 Å². The average molecular weight is 352 g/mol. The molecule has 2 rings (SSSR count). The number of rotatable bonds is 7. The fraction of sp³-hybridized carbons (Fsp3) is 0.412. The molecule has 0 aliphatic carbocycles. The molecule has 24 heavy (non-hydrogen) atoms. The summed E-state index contributed by atoms with van der Waals surface area (Å²) < 4.78 is 38.8. The first-order valence-electron chi connectivity index (χ1n) is 7.61. The van der Waals surface area contributed by atoms with Gasteiger partial charge in [0.25, 0.3) is 0 Å². The Morgan fingerprint density at radius 1 is 1.25 bits per heavy atom. The Balaban J connectivity index is 2.27. The van der Waals surface area contributed by atoms with Crippen molar-refractivity contribution in [3.8, 4) is 5.75 Å². The smallest absolute Gasteiger partial charge is 0.244 e. The summed E-state index contributed by atoms with van der Waals surface area (Å²) in [6.45, 7) is 3.98. The lowest BCUT2D eigenvalue weighted by Gasteiger charge is -2.23. The molecular weight excluding hydrogens is 328 g/mol. The molecule has 0 saturated heterocycles. The highest BCUT2D eigenvalue weighted by molar-refractivity contribution is 7.89.